The molecular weight excluding hydrogens is 398 g/mol. The number of amides is 2. The molecule has 0 aliphatic carbocycles. The lowest BCUT2D eigenvalue weighted by Crippen LogP contribution is -2.52. The highest BCUT2D eigenvalue weighted by Crippen LogP contribution is 2.29. The molecule has 1 unspecified atom stereocenters. The molecule has 5 nitrogen and oxygen atoms in total. The van der Waals surface area contributed by atoms with Crippen LogP contribution >= 0.6 is 11.6 Å². The average Bonchev–Trinajstić information content (AvgIpc) is 3.05. The minimum atomic E-state index is -0.375. The summed E-state index contributed by atoms with van der Waals surface area (Å²) in [4.78, 5) is 31.4. The van der Waals surface area contributed by atoms with Gasteiger partial charge in [0.2, 0.25) is 5.91 Å². The first-order valence-electron chi connectivity index (χ1n) is 10.3. The number of carbonyl (C=O) groups is 2. The Hall–Kier alpha value is -2.47. The van der Waals surface area contributed by atoms with Crippen LogP contribution in [0.15, 0.2) is 54.6 Å². The van der Waals surface area contributed by atoms with Crippen LogP contribution in [-0.4, -0.2) is 60.4 Å². The van der Waals surface area contributed by atoms with E-state index in [-0.39, 0.29) is 24.3 Å². The molecule has 2 aromatic rings. The number of halogens is 1. The molecule has 30 heavy (non-hydrogen) atoms. The van der Waals surface area contributed by atoms with Crippen molar-refractivity contribution in [3.05, 3.63) is 70.8 Å². The van der Waals surface area contributed by atoms with Crippen molar-refractivity contribution in [2.24, 2.45) is 0 Å². The molecule has 0 bridgehead atoms. The van der Waals surface area contributed by atoms with Crippen molar-refractivity contribution < 1.29 is 9.59 Å². The van der Waals surface area contributed by atoms with Gasteiger partial charge in [0, 0.05) is 37.7 Å². The number of hydrogen-bond donors (Lipinski definition) is 0. The molecule has 1 atom stereocenters. The number of rotatable bonds is 5. The predicted molar refractivity (Wildman–Crippen MR) is 121 cm³/mol. The number of hydrogen-bond acceptors (Lipinski definition) is 4. The second-order valence-corrected chi connectivity index (χ2v) is 8.28. The normalized spacial score (nSPS) is 21.1. The first-order chi connectivity index (χ1) is 14.5. The Morgan fingerprint density at radius 3 is 2.47 bits per heavy atom. The topological polar surface area (TPSA) is 43.9 Å². The summed E-state index contributed by atoms with van der Waals surface area (Å²) in [6, 6.07) is 15.2. The third-order valence-electron chi connectivity index (χ3n) is 5.86. The van der Waals surface area contributed by atoms with Crippen LogP contribution in [0.5, 0.6) is 0 Å². The van der Waals surface area contributed by atoms with Crippen LogP contribution in [0.1, 0.15) is 17.5 Å². The SMILES string of the molecule is Cc1ccc(N2C(=O)CC(N3CCN(C/C=C/c4ccccc4)CC3)C2=O)cc1Cl. The first kappa shape index (κ1) is 20.8. The van der Waals surface area contributed by atoms with Crippen LogP contribution in [0.4, 0.5) is 5.69 Å². The van der Waals surface area contributed by atoms with Crippen LogP contribution in [-0.2, 0) is 9.59 Å². The molecule has 2 aromatic carbocycles. The van der Waals surface area contributed by atoms with E-state index in [0.717, 1.165) is 38.3 Å². The van der Waals surface area contributed by atoms with Crippen molar-refractivity contribution in [1.29, 1.82) is 0 Å². The van der Waals surface area contributed by atoms with Gasteiger partial charge in [-0.1, -0.05) is 60.2 Å². The van der Waals surface area contributed by atoms with Gasteiger partial charge in [-0.15, -0.1) is 0 Å². The molecule has 2 heterocycles. The lowest BCUT2D eigenvalue weighted by molar-refractivity contribution is -0.123. The molecule has 2 amide bonds. The zero-order valence-corrected chi connectivity index (χ0v) is 17.9. The van der Waals surface area contributed by atoms with E-state index in [1.165, 1.54) is 10.5 Å². The Labute approximate surface area is 182 Å². The molecule has 0 N–H and O–H groups in total. The number of aryl methyl sites for hydroxylation is 1. The highest BCUT2D eigenvalue weighted by Gasteiger charge is 2.43. The molecule has 6 heteroatoms. The van der Waals surface area contributed by atoms with Crippen LogP contribution in [0.2, 0.25) is 5.02 Å². The molecule has 0 spiro atoms. The maximum Gasteiger partial charge on any atom is 0.251 e. The second-order valence-electron chi connectivity index (χ2n) is 7.87. The molecular formula is C24H26ClN3O2. The first-order valence-corrected chi connectivity index (χ1v) is 10.7. The minimum Gasteiger partial charge on any atom is -0.297 e. The van der Waals surface area contributed by atoms with Gasteiger partial charge in [-0.3, -0.25) is 19.4 Å². The number of imide groups is 1. The summed E-state index contributed by atoms with van der Waals surface area (Å²) >= 11 is 6.20. The molecule has 156 valence electrons. The monoisotopic (exact) mass is 423 g/mol. The van der Waals surface area contributed by atoms with E-state index in [1.807, 2.05) is 31.2 Å². The highest BCUT2D eigenvalue weighted by atomic mass is 35.5. The Balaban J connectivity index is 1.33. The lowest BCUT2D eigenvalue weighted by Gasteiger charge is -2.36. The van der Waals surface area contributed by atoms with Gasteiger partial charge in [-0.05, 0) is 30.2 Å². The number of anilines is 1. The maximum atomic E-state index is 13.0. The van der Waals surface area contributed by atoms with Crippen molar-refractivity contribution in [2.45, 2.75) is 19.4 Å². The van der Waals surface area contributed by atoms with Gasteiger partial charge in [0.25, 0.3) is 5.91 Å². The molecule has 2 fully saturated rings. The van der Waals surface area contributed by atoms with Crippen molar-refractivity contribution >= 4 is 35.2 Å². The summed E-state index contributed by atoms with van der Waals surface area (Å²) in [6.45, 7) is 6.11. The quantitative estimate of drug-likeness (QED) is 0.689. The van der Waals surface area contributed by atoms with Crippen molar-refractivity contribution in [3.63, 3.8) is 0 Å². The van der Waals surface area contributed by atoms with E-state index >= 15 is 0 Å². The van der Waals surface area contributed by atoms with Crippen LogP contribution in [0.3, 0.4) is 0 Å². The number of benzene rings is 2. The third-order valence-corrected chi connectivity index (χ3v) is 6.26. The lowest BCUT2D eigenvalue weighted by atomic mass is 10.1. The number of nitrogens with zero attached hydrogens (tertiary/aromatic N) is 3. The van der Waals surface area contributed by atoms with E-state index in [4.69, 9.17) is 11.6 Å². The Morgan fingerprint density at radius 2 is 1.77 bits per heavy atom. The highest BCUT2D eigenvalue weighted by molar-refractivity contribution is 6.32. The molecule has 2 saturated heterocycles. The average molecular weight is 424 g/mol. The van der Waals surface area contributed by atoms with Gasteiger partial charge in [0.1, 0.15) is 0 Å². The molecule has 0 saturated carbocycles. The summed E-state index contributed by atoms with van der Waals surface area (Å²) in [5.74, 6) is -0.296. The number of carbonyl (C=O) groups excluding carboxylic acids is 2. The molecule has 2 aliphatic heterocycles. The van der Waals surface area contributed by atoms with E-state index in [9.17, 15) is 9.59 Å². The van der Waals surface area contributed by atoms with Crippen LogP contribution in [0.25, 0.3) is 6.08 Å². The van der Waals surface area contributed by atoms with Crippen LogP contribution < -0.4 is 4.90 Å². The van der Waals surface area contributed by atoms with Gasteiger partial charge < -0.3 is 0 Å². The van der Waals surface area contributed by atoms with Crippen molar-refractivity contribution in [3.8, 4) is 0 Å². The largest absolute Gasteiger partial charge is 0.297 e. The Morgan fingerprint density at radius 1 is 1.03 bits per heavy atom. The second kappa shape index (κ2) is 9.13. The fourth-order valence-electron chi connectivity index (χ4n) is 4.05. The predicted octanol–water partition coefficient (Wildman–Crippen LogP) is 3.61. The van der Waals surface area contributed by atoms with E-state index in [1.54, 1.807) is 12.1 Å². The summed E-state index contributed by atoms with van der Waals surface area (Å²) in [5, 5.41) is 0.564. The van der Waals surface area contributed by atoms with Crippen molar-refractivity contribution in [1.82, 2.24) is 9.80 Å². The fourth-order valence-corrected chi connectivity index (χ4v) is 4.23. The molecule has 2 aliphatic rings. The minimum absolute atomic E-state index is 0.141. The number of piperazine rings is 1. The summed E-state index contributed by atoms with van der Waals surface area (Å²) < 4.78 is 0. The smallest absolute Gasteiger partial charge is 0.251 e. The molecule has 0 radical (unpaired) electrons. The molecule has 4 rings (SSSR count). The van der Waals surface area contributed by atoms with Crippen LogP contribution in [0, 0.1) is 6.92 Å². The standard InChI is InChI=1S/C24H26ClN3O2/c1-18-9-10-20(16-21(18)25)28-23(29)17-22(24(28)30)27-14-12-26(13-15-27)11-5-8-19-6-3-2-4-7-19/h2-10,16,22H,11-15,17H2,1H3/b8-5+. The Bertz CT molecular complexity index is 952. The van der Waals surface area contributed by atoms with Gasteiger partial charge in [0.05, 0.1) is 18.2 Å². The molecule has 0 aromatic heterocycles. The Kier molecular flexibility index (Phi) is 6.32. The maximum absolute atomic E-state index is 13.0. The van der Waals surface area contributed by atoms with E-state index in [0.29, 0.717) is 10.7 Å². The van der Waals surface area contributed by atoms with E-state index < -0.39 is 0 Å². The summed E-state index contributed by atoms with van der Waals surface area (Å²) in [5.41, 5.74) is 2.68. The van der Waals surface area contributed by atoms with E-state index in [2.05, 4.69) is 34.1 Å². The zero-order chi connectivity index (χ0) is 21.1. The zero-order valence-electron chi connectivity index (χ0n) is 17.1. The van der Waals surface area contributed by atoms with Crippen molar-refractivity contribution in [2.75, 3.05) is 37.6 Å². The van der Waals surface area contributed by atoms with Gasteiger partial charge in [-0.25, -0.2) is 4.90 Å². The summed E-state index contributed by atoms with van der Waals surface area (Å²) in [7, 11) is 0. The van der Waals surface area contributed by atoms with Gasteiger partial charge in [0.15, 0.2) is 0 Å². The van der Waals surface area contributed by atoms with Gasteiger partial charge >= 0.3 is 0 Å². The van der Waals surface area contributed by atoms with Gasteiger partial charge in [-0.2, -0.15) is 0 Å². The fraction of sp³-hybridized carbons (Fsp3) is 0.333. The summed E-state index contributed by atoms with van der Waals surface area (Å²) in [6.07, 6.45) is 4.55. The third kappa shape index (κ3) is 4.48.